The molecule has 0 aliphatic carbocycles. The highest BCUT2D eigenvalue weighted by atomic mass is 15.1. The predicted molar refractivity (Wildman–Crippen MR) is 192 cm³/mol. The first-order chi connectivity index (χ1) is 32.3. The van der Waals surface area contributed by atoms with Gasteiger partial charge in [0.15, 0.2) is 0 Å². The topological polar surface area (TPSA) is 3.24 Å². The summed E-state index contributed by atoms with van der Waals surface area (Å²) < 4.78 is 213. The van der Waals surface area contributed by atoms with Gasteiger partial charge in [-0.05, 0) is 85.8 Å². The summed E-state index contributed by atoms with van der Waals surface area (Å²) in [6.45, 7) is 0. The van der Waals surface area contributed by atoms with Gasteiger partial charge in [0.2, 0.25) is 0 Å². The Bertz CT molecular complexity index is 3530. The highest BCUT2D eigenvalue weighted by Gasteiger charge is 2.16. The molecule has 8 aromatic rings. The summed E-state index contributed by atoms with van der Waals surface area (Å²) in [5.41, 5.74) is -5.91. The van der Waals surface area contributed by atoms with Crippen LogP contribution in [0.5, 0.6) is 0 Å². The Morgan fingerprint density at radius 1 is 0.378 bits per heavy atom. The van der Waals surface area contributed by atoms with Gasteiger partial charge in [-0.2, -0.15) is 0 Å². The number of anilines is 3. The van der Waals surface area contributed by atoms with Crippen molar-refractivity contribution in [1.82, 2.24) is 0 Å². The van der Waals surface area contributed by atoms with Gasteiger partial charge in [-0.25, -0.2) is 0 Å². The monoisotopic (exact) mass is 597 g/mol. The van der Waals surface area contributed by atoms with E-state index in [1.807, 2.05) is 0 Å². The second-order valence-corrected chi connectivity index (χ2v) is 9.57. The number of fused-ring (bicyclic) bond motifs is 2. The Hall–Kier alpha value is -5.92. The van der Waals surface area contributed by atoms with Crippen LogP contribution in [0, 0.1) is 0 Å². The van der Waals surface area contributed by atoms with E-state index in [2.05, 4.69) is 0 Å². The lowest BCUT2D eigenvalue weighted by molar-refractivity contribution is 1.30. The molecule has 0 aromatic heterocycles. The van der Waals surface area contributed by atoms with E-state index in [9.17, 15) is 9.60 Å². The highest BCUT2D eigenvalue weighted by Crippen LogP contribution is 2.41. The molecule has 0 radical (unpaired) electrons. The molecule has 0 atom stereocenters. The lowest BCUT2D eigenvalue weighted by atomic mass is 9.99. The van der Waals surface area contributed by atoms with Crippen molar-refractivity contribution in [2.24, 2.45) is 0 Å². The average Bonchev–Trinajstić information content (AvgIpc) is 3.32. The summed E-state index contributed by atoms with van der Waals surface area (Å²) in [6.07, 6.45) is 0. The van der Waals surface area contributed by atoms with Crippen molar-refractivity contribution in [3.05, 3.63) is 187 Å². The van der Waals surface area contributed by atoms with Crippen LogP contribution >= 0.6 is 0 Å². The fourth-order valence-electron chi connectivity index (χ4n) is 4.72. The Morgan fingerprint density at radius 2 is 0.978 bits per heavy atom. The van der Waals surface area contributed by atoms with Crippen LogP contribution < -0.4 is 4.90 Å². The van der Waals surface area contributed by atoms with E-state index in [1.54, 1.807) is 36.4 Å². The smallest absolute Gasteiger partial charge is 0.0651 e. The third kappa shape index (κ3) is 5.26. The molecule has 0 unspecified atom stereocenters. The van der Waals surface area contributed by atoms with Crippen LogP contribution in [0.1, 0.15) is 32.9 Å². The minimum atomic E-state index is -1.14. The van der Waals surface area contributed by atoms with Crippen LogP contribution in [0.2, 0.25) is 0 Å². The first kappa shape index (κ1) is 11.5. The molecule has 0 spiro atoms. The fraction of sp³-hybridized carbons (Fsp3) is 0. The van der Waals surface area contributed by atoms with E-state index in [0.717, 1.165) is 5.39 Å². The summed E-state index contributed by atoms with van der Waals surface area (Å²) in [6, 6.07) is -10.5. The van der Waals surface area contributed by atoms with E-state index in [0.29, 0.717) is 10.3 Å². The third-order valence-corrected chi connectivity index (χ3v) is 6.85. The van der Waals surface area contributed by atoms with Gasteiger partial charge in [0, 0.05) is 16.8 Å². The summed E-state index contributed by atoms with van der Waals surface area (Å²) in [5, 5.41) is 0.0345. The van der Waals surface area contributed by atoms with Gasteiger partial charge in [0.1, 0.15) is 0 Å². The molecule has 0 bridgehead atoms. The molecule has 45 heavy (non-hydrogen) atoms. The molecule has 0 amide bonds. The minimum absolute atomic E-state index is 0.157. The molecular formula is C44H31N. The Labute approximate surface area is 298 Å². The van der Waals surface area contributed by atoms with Crippen molar-refractivity contribution < 1.29 is 32.9 Å². The van der Waals surface area contributed by atoms with Gasteiger partial charge in [-0.3, -0.25) is 0 Å². The third-order valence-electron chi connectivity index (χ3n) is 6.85. The summed E-state index contributed by atoms with van der Waals surface area (Å²) in [5.74, 6) is 0. The average molecular weight is 598 g/mol. The molecule has 0 aliphatic rings. The van der Waals surface area contributed by atoms with Gasteiger partial charge in [-0.1, -0.05) is 151 Å². The standard InChI is InChI=1S/C44H31N/c1-2-10-32(11-3-1)34-20-22-35(23-21-34)36-26-28-41(29-27-36)45(44-19-9-15-37-13-6-7-18-43(37)44)42-17-8-16-39(31-42)40-25-24-33-12-4-5-14-38(33)30-40/h1-31H/i1D,2D,3D,6D,7D,8D,9D,10D,11D,13D,15D,16D,17D,18D,19D,20D,21D,22D,23D,26D,27D,28D,29D,31D. The Balaban J connectivity index is 1.53. The van der Waals surface area contributed by atoms with Crippen molar-refractivity contribution in [2.45, 2.75) is 0 Å². The first-order valence-corrected chi connectivity index (χ1v) is 13.5. The molecular weight excluding hydrogens is 542 g/mol. The first-order valence-electron chi connectivity index (χ1n) is 25.5. The maximum Gasteiger partial charge on any atom is 0.0651 e. The van der Waals surface area contributed by atoms with Gasteiger partial charge < -0.3 is 4.90 Å². The largest absolute Gasteiger partial charge is 0.310 e. The zero-order valence-corrected chi connectivity index (χ0v) is 23.0. The van der Waals surface area contributed by atoms with E-state index in [1.165, 1.54) is 6.07 Å². The van der Waals surface area contributed by atoms with E-state index >= 15 is 0 Å². The summed E-state index contributed by atoms with van der Waals surface area (Å²) >= 11 is 0. The molecule has 0 saturated heterocycles. The summed E-state index contributed by atoms with van der Waals surface area (Å²) in [7, 11) is 0. The van der Waals surface area contributed by atoms with Crippen molar-refractivity contribution in [2.75, 3.05) is 4.90 Å². The Morgan fingerprint density at radius 3 is 1.76 bits per heavy atom. The quantitative estimate of drug-likeness (QED) is 0.184. The molecule has 0 fully saturated rings. The molecule has 0 saturated carbocycles. The zero-order chi connectivity index (χ0) is 50.9. The number of rotatable bonds is 6. The van der Waals surface area contributed by atoms with Crippen LogP contribution in [0.25, 0.3) is 54.9 Å². The minimum Gasteiger partial charge on any atom is -0.310 e. The van der Waals surface area contributed by atoms with Crippen LogP contribution in [0.3, 0.4) is 0 Å². The summed E-state index contributed by atoms with van der Waals surface area (Å²) in [4.78, 5) is 0.580. The molecule has 0 heterocycles. The van der Waals surface area contributed by atoms with Crippen molar-refractivity contribution in [1.29, 1.82) is 0 Å². The van der Waals surface area contributed by atoms with Crippen LogP contribution in [0.4, 0.5) is 17.1 Å². The molecule has 0 N–H and O–H groups in total. The van der Waals surface area contributed by atoms with Gasteiger partial charge in [-0.15, -0.1) is 0 Å². The molecule has 8 rings (SSSR count). The van der Waals surface area contributed by atoms with Crippen LogP contribution in [-0.2, 0) is 0 Å². The van der Waals surface area contributed by atoms with Crippen LogP contribution in [0.15, 0.2) is 187 Å². The number of hydrogen-bond acceptors (Lipinski definition) is 1. The number of nitrogens with zero attached hydrogens (tertiary/aromatic N) is 1. The zero-order valence-electron chi connectivity index (χ0n) is 47.0. The van der Waals surface area contributed by atoms with Crippen LogP contribution in [-0.4, -0.2) is 0 Å². The fourth-order valence-corrected chi connectivity index (χ4v) is 4.72. The number of benzene rings is 8. The predicted octanol–water partition coefficient (Wildman–Crippen LogP) is 12.5. The molecule has 1 nitrogen and oxygen atoms in total. The second-order valence-electron chi connectivity index (χ2n) is 9.57. The highest BCUT2D eigenvalue weighted by molar-refractivity contribution is 5.99. The van der Waals surface area contributed by atoms with Gasteiger partial charge in [0.05, 0.1) is 38.6 Å². The van der Waals surface area contributed by atoms with E-state index in [-0.39, 0.29) is 11.1 Å². The lowest BCUT2D eigenvalue weighted by Gasteiger charge is -2.27. The number of hydrogen-bond donors (Lipinski definition) is 0. The normalized spacial score (nSPS) is 18.6. The van der Waals surface area contributed by atoms with Gasteiger partial charge in [0.25, 0.3) is 0 Å². The van der Waals surface area contributed by atoms with E-state index < -0.39 is 195 Å². The van der Waals surface area contributed by atoms with Crippen molar-refractivity contribution in [3.63, 3.8) is 0 Å². The maximum absolute atomic E-state index is 9.70. The molecule has 8 aromatic carbocycles. The molecule has 212 valence electrons. The van der Waals surface area contributed by atoms with Crippen molar-refractivity contribution in [3.8, 4) is 33.4 Å². The van der Waals surface area contributed by atoms with Gasteiger partial charge >= 0.3 is 0 Å². The van der Waals surface area contributed by atoms with Crippen molar-refractivity contribution >= 4 is 38.6 Å². The second kappa shape index (κ2) is 11.6. The lowest BCUT2D eigenvalue weighted by Crippen LogP contribution is -2.10. The SMILES string of the molecule is [2H]c1c([2H])c([2H])c(-c2c([2H])c([2H])c(-c3c([2H])c([2H])c(N(c4c([2H])c([2H])c([2H])c(-c5ccc6ccccc6c5)c4[2H])c4c([2H])c([2H])c([2H])c5c([2H])c([2H])c([2H])c([2H])c45)c([2H])c3[2H])c([2H])c2[2H])c([2H])c1[2H]. The Kier molecular flexibility index (Phi) is 2.98. The molecule has 1 heteroatoms. The molecule has 0 aliphatic heterocycles. The van der Waals surface area contributed by atoms with E-state index in [4.69, 9.17) is 23.3 Å². The maximum atomic E-state index is 9.70.